The molecule has 0 N–H and O–H groups in total. The number of thiophene rings is 1. The summed E-state index contributed by atoms with van der Waals surface area (Å²) >= 11 is 7.75. The Bertz CT molecular complexity index is 737. The van der Waals surface area contributed by atoms with Crippen LogP contribution >= 0.6 is 22.9 Å². The van der Waals surface area contributed by atoms with E-state index in [0.29, 0.717) is 6.61 Å². The zero-order chi connectivity index (χ0) is 16.8. The van der Waals surface area contributed by atoms with Crippen molar-refractivity contribution < 1.29 is 4.74 Å². The summed E-state index contributed by atoms with van der Waals surface area (Å²) in [6, 6.07) is 12.3. The van der Waals surface area contributed by atoms with E-state index in [1.54, 1.807) is 17.5 Å². The number of benzene rings is 1. The number of imidazole rings is 1. The lowest BCUT2D eigenvalue weighted by Gasteiger charge is -2.18. The van der Waals surface area contributed by atoms with E-state index in [9.17, 15) is 0 Å². The maximum absolute atomic E-state index is 6.20. The van der Waals surface area contributed by atoms with Gasteiger partial charge < -0.3 is 9.30 Å². The molecule has 1 atom stereocenters. The van der Waals surface area contributed by atoms with E-state index in [1.807, 2.05) is 24.7 Å². The fourth-order valence-electron chi connectivity index (χ4n) is 2.60. The smallest absolute Gasteiger partial charge is 0.0946 e. The fourth-order valence-corrected chi connectivity index (χ4v) is 3.54. The molecule has 3 nitrogen and oxygen atoms in total. The van der Waals surface area contributed by atoms with Crippen molar-refractivity contribution in [2.75, 3.05) is 0 Å². The maximum Gasteiger partial charge on any atom is 0.0946 e. The van der Waals surface area contributed by atoms with Crippen LogP contribution in [0.4, 0.5) is 0 Å². The highest BCUT2D eigenvalue weighted by atomic mass is 35.5. The molecule has 1 aromatic carbocycles. The zero-order valence-electron chi connectivity index (χ0n) is 13.7. The minimum atomic E-state index is 0.150. The molecule has 3 rings (SSSR count). The zero-order valence-corrected chi connectivity index (χ0v) is 15.3. The Morgan fingerprint density at radius 2 is 2.04 bits per heavy atom. The second-order valence-corrected chi connectivity index (χ2v) is 7.68. The van der Waals surface area contributed by atoms with Gasteiger partial charge in [0.05, 0.1) is 19.0 Å². The molecule has 0 aliphatic carbocycles. The molecule has 0 radical (unpaired) electrons. The molecule has 5 heteroatoms. The van der Waals surface area contributed by atoms with E-state index in [2.05, 4.69) is 40.7 Å². The van der Waals surface area contributed by atoms with Gasteiger partial charge in [0.2, 0.25) is 0 Å². The minimum absolute atomic E-state index is 0.150. The third kappa shape index (κ3) is 5.20. The normalized spacial score (nSPS) is 12.4. The number of nitrogens with zero attached hydrogens (tertiary/aromatic N) is 2. The van der Waals surface area contributed by atoms with Gasteiger partial charge in [-0.1, -0.05) is 23.7 Å². The molecule has 0 fully saturated rings. The first-order valence-corrected chi connectivity index (χ1v) is 9.25. The summed E-state index contributed by atoms with van der Waals surface area (Å²) in [6.45, 7) is 3.61. The third-order valence-corrected chi connectivity index (χ3v) is 5.13. The van der Waals surface area contributed by atoms with Crippen molar-refractivity contribution in [1.29, 1.82) is 0 Å². The van der Waals surface area contributed by atoms with Crippen LogP contribution in [0.2, 0.25) is 5.02 Å². The number of ether oxygens (including phenoxy) is 1. The van der Waals surface area contributed by atoms with E-state index in [-0.39, 0.29) is 6.10 Å². The Labute approximate surface area is 151 Å². The van der Waals surface area contributed by atoms with Gasteiger partial charge in [-0.25, -0.2) is 4.98 Å². The van der Waals surface area contributed by atoms with Crippen LogP contribution in [-0.4, -0.2) is 15.7 Å². The summed E-state index contributed by atoms with van der Waals surface area (Å²) in [4.78, 5) is 6.71. The monoisotopic (exact) mass is 360 g/mol. The molecule has 0 saturated heterocycles. The Morgan fingerprint density at radius 3 is 2.71 bits per heavy atom. The number of halogens is 1. The summed E-state index contributed by atoms with van der Waals surface area (Å²) in [5, 5.41) is 0.776. The summed E-state index contributed by atoms with van der Waals surface area (Å²) < 4.78 is 8.27. The lowest BCUT2D eigenvalue weighted by molar-refractivity contribution is 0.0253. The van der Waals surface area contributed by atoms with Crippen LogP contribution in [0.5, 0.6) is 0 Å². The highest BCUT2D eigenvalue weighted by molar-refractivity contribution is 7.11. The molecule has 2 heterocycles. The topological polar surface area (TPSA) is 27.1 Å². The largest absolute Gasteiger partial charge is 0.371 e. The van der Waals surface area contributed by atoms with Crippen molar-refractivity contribution in [2.45, 2.75) is 39.0 Å². The van der Waals surface area contributed by atoms with Crippen molar-refractivity contribution in [2.24, 2.45) is 0 Å². The van der Waals surface area contributed by atoms with Crippen LogP contribution in [0.15, 0.2) is 55.1 Å². The number of hydrogen-bond acceptors (Lipinski definition) is 3. The average molecular weight is 361 g/mol. The van der Waals surface area contributed by atoms with Crippen LogP contribution in [0.3, 0.4) is 0 Å². The van der Waals surface area contributed by atoms with Gasteiger partial charge in [0.15, 0.2) is 0 Å². The second kappa shape index (κ2) is 8.47. The van der Waals surface area contributed by atoms with Crippen molar-refractivity contribution >= 4 is 22.9 Å². The van der Waals surface area contributed by atoms with Crippen molar-refractivity contribution in [3.8, 4) is 0 Å². The van der Waals surface area contributed by atoms with Crippen LogP contribution in [0.1, 0.15) is 21.7 Å². The number of rotatable bonds is 8. The van der Waals surface area contributed by atoms with Crippen LogP contribution in [0.25, 0.3) is 0 Å². The highest BCUT2D eigenvalue weighted by Crippen LogP contribution is 2.19. The molecule has 1 unspecified atom stereocenters. The van der Waals surface area contributed by atoms with Gasteiger partial charge in [-0.3, -0.25) is 0 Å². The lowest BCUT2D eigenvalue weighted by atomic mass is 10.1. The average Bonchev–Trinajstić information content (AvgIpc) is 3.23. The molecule has 0 bridgehead atoms. The number of aryl methyl sites for hydroxylation is 2. The van der Waals surface area contributed by atoms with Crippen molar-refractivity contribution in [1.82, 2.24) is 9.55 Å². The quantitative estimate of drug-likeness (QED) is 0.557. The van der Waals surface area contributed by atoms with Crippen LogP contribution < -0.4 is 0 Å². The fraction of sp³-hybridized carbons (Fsp3) is 0.316. The lowest BCUT2D eigenvalue weighted by Crippen LogP contribution is -2.20. The Hall–Kier alpha value is -1.62. The Balaban J connectivity index is 1.59. The first-order chi connectivity index (χ1) is 11.7. The molecule has 24 heavy (non-hydrogen) atoms. The molecule has 0 amide bonds. The van der Waals surface area contributed by atoms with Gasteiger partial charge >= 0.3 is 0 Å². The highest BCUT2D eigenvalue weighted by Gasteiger charge is 2.12. The van der Waals surface area contributed by atoms with Gasteiger partial charge in [0, 0.05) is 33.7 Å². The van der Waals surface area contributed by atoms with Gasteiger partial charge in [-0.2, -0.15) is 0 Å². The molecular weight excluding hydrogens is 340 g/mol. The van der Waals surface area contributed by atoms with Gasteiger partial charge in [-0.05, 0) is 49.6 Å². The Kier molecular flexibility index (Phi) is 6.07. The van der Waals surface area contributed by atoms with Gasteiger partial charge in [-0.15, -0.1) is 11.3 Å². The predicted molar refractivity (Wildman–Crippen MR) is 99.6 cm³/mol. The first kappa shape index (κ1) is 17.2. The molecule has 0 aliphatic rings. The van der Waals surface area contributed by atoms with Crippen LogP contribution in [-0.2, 0) is 24.3 Å². The SMILES string of the molecule is Cc1ccc(COC(CCc2ccc(Cl)cc2)Cn2ccnc2)s1. The number of aromatic nitrogens is 2. The van der Waals surface area contributed by atoms with E-state index >= 15 is 0 Å². The number of hydrogen-bond donors (Lipinski definition) is 0. The first-order valence-electron chi connectivity index (χ1n) is 8.06. The standard InChI is InChI=1S/C19H21ClN2OS/c1-15-2-9-19(24-15)13-23-18(12-22-11-10-21-14-22)8-5-16-3-6-17(20)7-4-16/h2-4,6-7,9-11,14,18H,5,8,12-13H2,1H3. The van der Waals surface area contributed by atoms with Crippen LogP contribution in [0, 0.1) is 6.92 Å². The summed E-state index contributed by atoms with van der Waals surface area (Å²) in [7, 11) is 0. The van der Waals surface area contributed by atoms with E-state index in [0.717, 1.165) is 24.4 Å². The maximum atomic E-state index is 6.20. The molecular formula is C19H21ClN2OS. The molecule has 2 aromatic heterocycles. The second-order valence-electron chi connectivity index (χ2n) is 5.87. The van der Waals surface area contributed by atoms with Crippen molar-refractivity contribution in [3.05, 3.63) is 75.5 Å². The summed E-state index contributed by atoms with van der Waals surface area (Å²) in [5.74, 6) is 0. The van der Waals surface area contributed by atoms with E-state index in [4.69, 9.17) is 16.3 Å². The summed E-state index contributed by atoms with van der Waals surface area (Å²) in [6.07, 6.45) is 7.71. The van der Waals surface area contributed by atoms with Gasteiger partial charge in [0.1, 0.15) is 0 Å². The summed E-state index contributed by atoms with van der Waals surface area (Å²) in [5.41, 5.74) is 1.28. The van der Waals surface area contributed by atoms with Crippen molar-refractivity contribution in [3.63, 3.8) is 0 Å². The van der Waals surface area contributed by atoms with E-state index in [1.165, 1.54) is 15.3 Å². The molecule has 0 aliphatic heterocycles. The molecule has 0 spiro atoms. The third-order valence-electron chi connectivity index (χ3n) is 3.90. The van der Waals surface area contributed by atoms with Gasteiger partial charge in [0.25, 0.3) is 0 Å². The Morgan fingerprint density at radius 1 is 1.21 bits per heavy atom. The molecule has 3 aromatic rings. The predicted octanol–water partition coefficient (Wildman–Crippen LogP) is 5.12. The molecule has 0 saturated carbocycles. The molecule has 126 valence electrons. The minimum Gasteiger partial charge on any atom is -0.371 e. The van der Waals surface area contributed by atoms with E-state index < -0.39 is 0 Å².